The smallest absolute Gasteiger partial charge is 0.252 e. The molecule has 1 aromatic carbocycles. The maximum atomic E-state index is 13.0. The molecule has 1 amide bonds. The number of carbonyl (C=O) groups is 1. The van der Waals surface area contributed by atoms with Gasteiger partial charge in [0.15, 0.2) is 0 Å². The fourth-order valence-electron chi connectivity index (χ4n) is 2.56. The first-order valence-corrected chi connectivity index (χ1v) is 7.74. The highest BCUT2D eigenvalue weighted by Gasteiger charge is 2.13. The molecule has 0 bridgehead atoms. The summed E-state index contributed by atoms with van der Waals surface area (Å²) in [5.41, 5.74) is 3.07. The van der Waals surface area contributed by atoms with E-state index < -0.39 is 5.82 Å². The molecular weight excluding hydrogens is 333 g/mol. The van der Waals surface area contributed by atoms with Gasteiger partial charge in [0.2, 0.25) is 5.91 Å². The Morgan fingerprint density at radius 2 is 2.17 bits per heavy atom. The summed E-state index contributed by atoms with van der Waals surface area (Å²) in [4.78, 5) is 20.6. The van der Waals surface area contributed by atoms with E-state index in [0.717, 1.165) is 23.0 Å². The summed E-state index contributed by atoms with van der Waals surface area (Å²) in [6.07, 6.45) is 2.20. The molecule has 6 nitrogen and oxygen atoms in total. The maximum Gasteiger partial charge on any atom is 0.252 e. The molecule has 0 aliphatic rings. The number of nitrogens with zero attached hydrogens (tertiary/aromatic N) is 4. The summed E-state index contributed by atoms with van der Waals surface area (Å²) in [6, 6.07) is 3.85. The zero-order valence-electron chi connectivity index (χ0n) is 13.2. The predicted octanol–water partition coefficient (Wildman–Crippen LogP) is 3.10. The van der Waals surface area contributed by atoms with E-state index in [2.05, 4.69) is 20.4 Å². The molecule has 0 unspecified atom stereocenters. The molecule has 0 saturated heterocycles. The minimum Gasteiger partial charge on any atom is -0.325 e. The minimum absolute atomic E-state index is 0.168. The molecule has 0 spiro atoms. The Labute approximate surface area is 142 Å². The first kappa shape index (κ1) is 16.3. The highest BCUT2D eigenvalue weighted by atomic mass is 35.5. The number of amides is 1. The highest BCUT2D eigenvalue weighted by Crippen LogP contribution is 2.23. The van der Waals surface area contributed by atoms with Gasteiger partial charge in [0.1, 0.15) is 12.1 Å². The zero-order chi connectivity index (χ0) is 17.3. The molecule has 2 heterocycles. The lowest BCUT2D eigenvalue weighted by Crippen LogP contribution is -2.14. The molecule has 8 heteroatoms. The van der Waals surface area contributed by atoms with Gasteiger partial charge in [-0.1, -0.05) is 11.6 Å². The third kappa shape index (κ3) is 3.21. The van der Waals surface area contributed by atoms with Gasteiger partial charge < -0.3 is 5.32 Å². The second-order valence-corrected chi connectivity index (χ2v) is 5.81. The molecule has 2 aromatic heterocycles. The van der Waals surface area contributed by atoms with E-state index in [0.29, 0.717) is 17.9 Å². The summed E-state index contributed by atoms with van der Waals surface area (Å²) in [6.45, 7) is 3.80. The number of nitrogens with one attached hydrogen (secondary N) is 1. The van der Waals surface area contributed by atoms with E-state index in [1.54, 1.807) is 4.52 Å². The average Bonchev–Trinajstić information content (AvgIpc) is 2.98. The fraction of sp³-hybridized carbons (Fsp3) is 0.250. The van der Waals surface area contributed by atoms with Crippen molar-refractivity contribution < 1.29 is 9.18 Å². The molecule has 0 radical (unpaired) electrons. The van der Waals surface area contributed by atoms with E-state index in [1.165, 1.54) is 18.5 Å². The Hall–Kier alpha value is -2.54. The number of benzene rings is 1. The summed E-state index contributed by atoms with van der Waals surface area (Å²) in [5.74, 6) is -0.117. The first-order chi connectivity index (χ1) is 11.5. The van der Waals surface area contributed by atoms with Crippen LogP contribution in [0.1, 0.15) is 23.4 Å². The van der Waals surface area contributed by atoms with Crippen LogP contribution in [0.3, 0.4) is 0 Å². The van der Waals surface area contributed by atoms with E-state index in [4.69, 9.17) is 11.6 Å². The summed E-state index contributed by atoms with van der Waals surface area (Å²) < 4.78 is 14.7. The number of anilines is 1. The lowest BCUT2D eigenvalue weighted by Gasteiger charge is -2.11. The van der Waals surface area contributed by atoms with Crippen molar-refractivity contribution >= 4 is 29.0 Å². The van der Waals surface area contributed by atoms with Crippen molar-refractivity contribution in [3.63, 3.8) is 0 Å². The number of rotatable bonds is 4. The maximum absolute atomic E-state index is 13.0. The van der Waals surface area contributed by atoms with Crippen LogP contribution in [0.4, 0.5) is 10.1 Å². The van der Waals surface area contributed by atoms with E-state index in [1.807, 2.05) is 13.8 Å². The number of hydrogen-bond acceptors (Lipinski definition) is 4. The van der Waals surface area contributed by atoms with Gasteiger partial charge in [0.05, 0.1) is 10.7 Å². The summed E-state index contributed by atoms with van der Waals surface area (Å²) in [5, 5.41) is 6.98. The fourth-order valence-corrected chi connectivity index (χ4v) is 2.77. The third-order valence-corrected chi connectivity index (χ3v) is 4.11. The van der Waals surface area contributed by atoms with Crippen LogP contribution in [0.25, 0.3) is 5.78 Å². The van der Waals surface area contributed by atoms with Crippen molar-refractivity contribution in [2.45, 2.75) is 26.7 Å². The number of fused-ring (bicyclic) bond motifs is 1. The number of halogens is 2. The highest BCUT2D eigenvalue weighted by molar-refractivity contribution is 6.33. The van der Waals surface area contributed by atoms with Crippen molar-refractivity contribution in [3.05, 3.63) is 52.3 Å². The quantitative estimate of drug-likeness (QED) is 0.787. The molecule has 3 rings (SSSR count). The van der Waals surface area contributed by atoms with Crippen molar-refractivity contribution in [1.82, 2.24) is 19.6 Å². The molecular formula is C16H15ClFN5O. The van der Waals surface area contributed by atoms with Gasteiger partial charge in [-0.15, -0.1) is 0 Å². The van der Waals surface area contributed by atoms with E-state index in [-0.39, 0.29) is 17.4 Å². The van der Waals surface area contributed by atoms with Gasteiger partial charge in [-0.05, 0) is 44.0 Å². The Kier molecular flexibility index (Phi) is 4.44. The topological polar surface area (TPSA) is 72.2 Å². The number of hydrogen-bond donors (Lipinski definition) is 1. The van der Waals surface area contributed by atoms with Crippen molar-refractivity contribution in [1.29, 1.82) is 0 Å². The number of aromatic nitrogens is 4. The molecule has 3 aromatic rings. The Bertz CT molecular complexity index is 924. The first-order valence-electron chi connectivity index (χ1n) is 7.36. The normalized spacial score (nSPS) is 11.0. The average molecular weight is 348 g/mol. The van der Waals surface area contributed by atoms with Crippen molar-refractivity contribution in [2.24, 2.45) is 0 Å². The summed E-state index contributed by atoms with van der Waals surface area (Å²) in [7, 11) is 0. The van der Waals surface area contributed by atoms with Gasteiger partial charge in [-0.2, -0.15) is 10.1 Å². The van der Waals surface area contributed by atoms with Crippen LogP contribution >= 0.6 is 11.6 Å². The molecule has 0 aliphatic heterocycles. The Balaban J connectivity index is 1.72. The standard InChI is InChI=1S/C16H15ClFN5O/c1-9-12(10(2)23-16(21-9)19-8-20-23)4-6-15(24)22-14-5-3-11(18)7-13(14)17/h3,5,7-8H,4,6H2,1-2H3,(H,22,24). The Morgan fingerprint density at radius 3 is 2.92 bits per heavy atom. The van der Waals surface area contributed by atoms with Gasteiger partial charge in [0.25, 0.3) is 5.78 Å². The minimum atomic E-state index is -0.448. The van der Waals surface area contributed by atoms with Gasteiger partial charge >= 0.3 is 0 Å². The third-order valence-electron chi connectivity index (χ3n) is 3.80. The lowest BCUT2D eigenvalue weighted by atomic mass is 10.1. The van der Waals surface area contributed by atoms with E-state index in [9.17, 15) is 9.18 Å². The van der Waals surface area contributed by atoms with Crippen LogP contribution in [-0.4, -0.2) is 25.5 Å². The van der Waals surface area contributed by atoms with Gasteiger partial charge in [-0.3, -0.25) is 4.79 Å². The molecule has 0 saturated carbocycles. The van der Waals surface area contributed by atoms with Crippen molar-refractivity contribution in [3.8, 4) is 0 Å². The Morgan fingerprint density at radius 1 is 1.38 bits per heavy atom. The molecule has 0 fully saturated rings. The monoisotopic (exact) mass is 347 g/mol. The van der Waals surface area contributed by atoms with Crippen LogP contribution in [0.2, 0.25) is 5.02 Å². The molecule has 24 heavy (non-hydrogen) atoms. The van der Waals surface area contributed by atoms with Crippen LogP contribution in [0, 0.1) is 19.7 Å². The summed E-state index contributed by atoms with van der Waals surface area (Å²) >= 11 is 5.91. The van der Waals surface area contributed by atoms with Gasteiger partial charge in [0, 0.05) is 17.8 Å². The van der Waals surface area contributed by atoms with Crippen LogP contribution in [0.5, 0.6) is 0 Å². The van der Waals surface area contributed by atoms with Crippen LogP contribution in [-0.2, 0) is 11.2 Å². The largest absolute Gasteiger partial charge is 0.325 e. The molecule has 124 valence electrons. The number of carbonyl (C=O) groups excluding carboxylic acids is 1. The van der Waals surface area contributed by atoms with E-state index >= 15 is 0 Å². The predicted molar refractivity (Wildman–Crippen MR) is 88.6 cm³/mol. The van der Waals surface area contributed by atoms with Crippen LogP contribution in [0.15, 0.2) is 24.5 Å². The number of aryl methyl sites for hydroxylation is 2. The molecule has 0 aliphatic carbocycles. The van der Waals surface area contributed by atoms with Gasteiger partial charge in [-0.25, -0.2) is 13.9 Å². The second-order valence-electron chi connectivity index (χ2n) is 5.41. The SMILES string of the molecule is Cc1nc2ncnn2c(C)c1CCC(=O)Nc1ccc(F)cc1Cl. The molecule has 0 atom stereocenters. The lowest BCUT2D eigenvalue weighted by molar-refractivity contribution is -0.116. The zero-order valence-corrected chi connectivity index (χ0v) is 13.9. The van der Waals surface area contributed by atoms with Crippen molar-refractivity contribution in [2.75, 3.05) is 5.32 Å². The second kappa shape index (κ2) is 6.52. The molecule has 1 N–H and O–H groups in total. The van der Waals surface area contributed by atoms with Crippen LogP contribution < -0.4 is 5.32 Å².